The third-order valence-electron chi connectivity index (χ3n) is 2.07. The number of benzene rings is 1. The molecule has 92 valence electrons. The third kappa shape index (κ3) is 3.51. The molecule has 18 heavy (non-hydrogen) atoms. The molecule has 2 rings (SSSR count). The normalized spacial score (nSPS) is 10.8. The van der Waals surface area contributed by atoms with Crippen LogP contribution in [0.2, 0.25) is 0 Å². The van der Waals surface area contributed by atoms with Gasteiger partial charge in [0.1, 0.15) is 0 Å². The van der Waals surface area contributed by atoms with Gasteiger partial charge in [-0.05, 0) is 56.1 Å². The summed E-state index contributed by atoms with van der Waals surface area (Å²) in [7, 11) is 0. The Morgan fingerprint density at radius 2 is 2.00 bits per heavy atom. The van der Waals surface area contributed by atoms with E-state index in [4.69, 9.17) is 0 Å². The van der Waals surface area contributed by atoms with Crippen molar-refractivity contribution in [2.45, 2.75) is 0 Å². The fourth-order valence-corrected chi connectivity index (χ4v) is 3.02. The molecule has 0 saturated heterocycles. The van der Waals surface area contributed by atoms with Crippen LogP contribution in [-0.2, 0) is 0 Å². The molecule has 0 unspecified atom stereocenters. The molecule has 1 aromatic carbocycles. The van der Waals surface area contributed by atoms with Crippen molar-refractivity contribution >= 4 is 55.3 Å². The first-order valence-corrected chi connectivity index (χ1v) is 7.40. The molecule has 0 aliphatic heterocycles. The highest BCUT2D eigenvalue weighted by Crippen LogP contribution is 2.20. The minimum Gasteiger partial charge on any atom is -0.267 e. The van der Waals surface area contributed by atoms with E-state index in [-0.39, 0.29) is 5.91 Å². The number of carbonyl (C=O) groups excluding carboxylic acids is 1. The van der Waals surface area contributed by atoms with Gasteiger partial charge in [-0.15, -0.1) is 11.3 Å². The quantitative estimate of drug-likeness (QED) is 0.626. The highest BCUT2D eigenvalue weighted by Gasteiger charge is 2.07. The molecule has 3 nitrogen and oxygen atoms in total. The molecule has 6 heteroatoms. The number of halogens is 2. The van der Waals surface area contributed by atoms with Crippen LogP contribution in [0.1, 0.15) is 15.2 Å². The lowest BCUT2D eigenvalue weighted by atomic mass is 10.2. The summed E-state index contributed by atoms with van der Waals surface area (Å²) >= 11 is 8.23. The van der Waals surface area contributed by atoms with Crippen LogP contribution in [0.15, 0.2) is 49.8 Å². The van der Waals surface area contributed by atoms with E-state index in [9.17, 15) is 4.79 Å². The van der Waals surface area contributed by atoms with Gasteiger partial charge in [0.2, 0.25) is 0 Å². The second kappa shape index (κ2) is 6.26. The Balaban J connectivity index is 2.01. The Hall–Kier alpha value is -0.980. The molecule has 1 heterocycles. The van der Waals surface area contributed by atoms with E-state index in [0.717, 1.165) is 13.1 Å². The van der Waals surface area contributed by atoms with Gasteiger partial charge < -0.3 is 0 Å². The van der Waals surface area contributed by atoms with Crippen LogP contribution < -0.4 is 5.43 Å². The largest absolute Gasteiger partial charge is 0.272 e. The smallest absolute Gasteiger partial charge is 0.267 e. The van der Waals surface area contributed by atoms with Crippen molar-refractivity contribution in [1.82, 2.24) is 5.43 Å². The number of hydrazone groups is 1. The van der Waals surface area contributed by atoms with Crippen molar-refractivity contribution in [2.24, 2.45) is 5.10 Å². The predicted octanol–water partition coefficient (Wildman–Crippen LogP) is 4.04. The second-order valence-electron chi connectivity index (χ2n) is 3.32. The zero-order chi connectivity index (χ0) is 13.0. The zero-order valence-electron chi connectivity index (χ0n) is 9.06. The van der Waals surface area contributed by atoms with Crippen LogP contribution in [0.25, 0.3) is 0 Å². The number of thiophene rings is 1. The molecule has 0 saturated carbocycles. The zero-order valence-corrected chi connectivity index (χ0v) is 13.0. The van der Waals surface area contributed by atoms with Crippen molar-refractivity contribution in [3.8, 4) is 0 Å². The molecule has 0 aliphatic rings. The number of hydrogen-bond donors (Lipinski definition) is 1. The van der Waals surface area contributed by atoms with E-state index < -0.39 is 0 Å². The molecular weight excluding hydrogens is 380 g/mol. The van der Waals surface area contributed by atoms with Crippen molar-refractivity contribution in [1.29, 1.82) is 0 Å². The maximum Gasteiger partial charge on any atom is 0.272 e. The van der Waals surface area contributed by atoms with Crippen molar-refractivity contribution in [2.75, 3.05) is 0 Å². The Morgan fingerprint density at radius 3 is 2.67 bits per heavy atom. The summed E-state index contributed by atoms with van der Waals surface area (Å²) in [5.74, 6) is -0.241. The van der Waals surface area contributed by atoms with E-state index in [0.29, 0.717) is 5.56 Å². The average Bonchev–Trinajstić information content (AvgIpc) is 2.75. The topological polar surface area (TPSA) is 41.5 Å². The predicted molar refractivity (Wildman–Crippen MR) is 81.2 cm³/mol. The van der Waals surface area contributed by atoms with E-state index in [2.05, 4.69) is 42.4 Å². The van der Waals surface area contributed by atoms with Crippen molar-refractivity contribution in [3.05, 3.63) is 55.1 Å². The Labute approximate surface area is 125 Å². The monoisotopic (exact) mass is 386 g/mol. The molecule has 0 aliphatic carbocycles. The van der Waals surface area contributed by atoms with Crippen LogP contribution in [0.3, 0.4) is 0 Å². The van der Waals surface area contributed by atoms with Gasteiger partial charge in [0, 0.05) is 9.35 Å². The van der Waals surface area contributed by atoms with E-state index in [1.807, 2.05) is 24.3 Å². The van der Waals surface area contributed by atoms with Crippen molar-refractivity contribution < 1.29 is 4.79 Å². The van der Waals surface area contributed by atoms with Crippen LogP contribution in [-0.4, -0.2) is 12.1 Å². The molecule has 1 aromatic heterocycles. The average molecular weight is 388 g/mol. The first kappa shape index (κ1) is 13.5. The van der Waals surface area contributed by atoms with Gasteiger partial charge in [-0.25, -0.2) is 5.43 Å². The molecule has 0 radical (unpaired) electrons. The van der Waals surface area contributed by atoms with Gasteiger partial charge in [-0.3, -0.25) is 4.79 Å². The van der Waals surface area contributed by atoms with E-state index in [1.165, 1.54) is 0 Å². The minimum absolute atomic E-state index is 0.241. The number of carbonyl (C=O) groups is 1. The standard InChI is InChI=1S/C12H8Br2N2OS/c13-10-4-2-1-3-9(10)12(17)16-15-7-8-5-6-11(14)18-8/h1-7H,(H,16,17)/b15-7-. The molecule has 1 N–H and O–H groups in total. The fraction of sp³-hybridized carbons (Fsp3) is 0. The maximum absolute atomic E-state index is 11.8. The van der Waals surface area contributed by atoms with Crippen LogP contribution >= 0.6 is 43.2 Å². The number of amides is 1. The number of hydrogen-bond acceptors (Lipinski definition) is 3. The van der Waals surface area contributed by atoms with E-state index in [1.54, 1.807) is 29.7 Å². The summed E-state index contributed by atoms with van der Waals surface area (Å²) in [6.07, 6.45) is 1.62. The third-order valence-corrected chi connectivity index (χ3v) is 4.32. The summed E-state index contributed by atoms with van der Waals surface area (Å²) in [6.45, 7) is 0. The van der Waals surface area contributed by atoms with Gasteiger partial charge in [-0.1, -0.05) is 12.1 Å². The van der Waals surface area contributed by atoms with E-state index >= 15 is 0 Å². The molecule has 0 atom stereocenters. The van der Waals surface area contributed by atoms with Crippen LogP contribution in [0, 0.1) is 0 Å². The minimum atomic E-state index is -0.241. The van der Waals surface area contributed by atoms with Crippen LogP contribution in [0.5, 0.6) is 0 Å². The van der Waals surface area contributed by atoms with Gasteiger partial charge in [0.15, 0.2) is 0 Å². The molecule has 1 amide bonds. The summed E-state index contributed by atoms with van der Waals surface area (Å²) in [5.41, 5.74) is 3.05. The van der Waals surface area contributed by atoms with Crippen molar-refractivity contribution in [3.63, 3.8) is 0 Å². The van der Waals surface area contributed by atoms with Gasteiger partial charge in [0.25, 0.3) is 5.91 Å². The highest BCUT2D eigenvalue weighted by molar-refractivity contribution is 9.11. The summed E-state index contributed by atoms with van der Waals surface area (Å²) < 4.78 is 1.78. The Morgan fingerprint density at radius 1 is 1.22 bits per heavy atom. The fourth-order valence-electron chi connectivity index (χ4n) is 1.26. The van der Waals surface area contributed by atoms with Gasteiger partial charge >= 0.3 is 0 Å². The second-order valence-corrected chi connectivity index (χ2v) is 6.67. The lowest BCUT2D eigenvalue weighted by Crippen LogP contribution is -2.17. The summed E-state index contributed by atoms with van der Waals surface area (Å²) in [4.78, 5) is 12.8. The summed E-state index contributed by atoms with van der Waals surface area (Å²) in [6, 6.07) is 11.1. The molecule has 0 fully saturated rings. The first-order valence-electron chi connectivity index (χ1n) is 5.00. The lowest BCUT2D eigenvalue weighted by molar-refractivity contribution is 0.0954. The highest BCUT2D eigenvalue weighted by atomic mass is 79.9. The van der Waals surface area contributed by atoms with Gasteiger partial charge in [-0.2, -0.15) is 5.10 Å². The first-order chi connectivity index (χ1) is 8.66. The number of nitrogens with one attached hydrogen (secondary N) is 1. The number of nitrogens with zero attached hydrogens (tertiary/aromatic N) is 1. The molecule has 2 aromatic rings. The number of rotatable bonds is 3. The Bertz CT molecular complexity index is 595. The molecule has 0 bridgehead atoms. The lowest BCUT2D eigenvalue weighted by Gasteiger charge is -2.01. The maximum atomic E-state index is 11.8. The van der Waals surface area contributed by atoms with Crippen LogP contribution in [0.4, 0.5) is 0 Å². The van der Waals surface area contributed by atoms with Gasteiger partial charge in [0.05, 0.1) is 15.6 Å². The molecule has 0 spiro atoms. The SMILES string of the molecule is O=C(N/N=C\c1ccc(Br)s1)c1ccccc1Br. The molecular formula is C12H8Br2N2OS. The summed E-state index contributed by atoms with van der Waals surface area (Å²) in [5, 5.41) is 3.92. The Kier molecular flexibility index (Phi) is 4.68.